The molecule has 0 amide bonds. The smallest absolute Gasteiger partial charge is 0.259 e. The number of benzene rings is 2. The predicted molar refractivity (Wildman–Crippen MR) is 125 cm³/mol. The highest BCUT2D eigenvalue weighted by Gasteiger charge is 2.23. The van der Waals surface area contributed by atoms with Crippen molar-refractivity contribution in [3.05, 3.63) is 74.6 Å². The standard InChI is InChI=1S/C24H24N2OS2/c1-14-10-11-19-20(12-14)29-24-21(19)23(27)25-22(26-24)15(2)28-13-17-8-5-7-16-6-3-4-9-18(16)17/h3-9,14-15H,10-13H2,1-2H3,(H,25,26,27). The summed E-state index contributed by atoms with van der Waals surface area (Å²) < 4.78 is 0. The van der Waals surface area contributed by atoms with E-state index in [0.717, 1.165) is 41.1 Å². The van der Waals surface area contributed by atoms with Crippen molar-refractivity contribution in [2.75, 3.05) is 0 Å². The average Bonchev–Trinajstić information content (AvgIpc) is 3.09. The van der Waals surface area contributed by atoms with Crippen LogP contribution in [-0.2, 0) is 18.6 Å². The van der Waals surface area contributed by atoms with E-state index in [9.17, 15) is 4.79 Å². The molecule has 2 aromatic carbocycles. The second-order valence-corrected chi connectivity index (χ2v) is 10.5. The van der Waals surface area contributed by atoms with Gasteiger partial charge in [-0.25, -0.2) is 4.98 Å². The number of thiophene rings is 1. The Kier molecular flexibility index (Phi) is 4.96. The molecule has 2 aromatic heterocycles. The number of H-pyrrole nitrogens is 1. The number of hydrogen-bond donors (Lipinski definition) is 1. The summed E-state index contributed by atoms with van der Waals surface area (Å²) in [5, 5.41) is 3.53. The maximum absolute atomic E-state index is 12.9. The van der Waals surface area contributed by atoms with Gasteiger partial charge in [0.05, 0.1) is 10.6 Å². The maximum atomic E-state index is 12.9. The Balaban J connectivity index is 1.42. The molecule has 2 unspecified atom stereocenters. The second kappa shape index (κ2) is 7.62. The Morgan fingerprint density at radius 1 is 1.24 bits per heavy atom. The van der Waals surface area contributed by atoms with E-state index in [1.165, 1.54) is 26.8 Å². The van der Waals surface area contributed by atoms with Crippen LogP contribution >= 0.6 is 23.1 Å². The molecule has 3 nitrogen and oxygen atoms in total. The molecule has 1 aliphatic carbocycles. The average molecular weight is 421 g/mol. The van der Waals surface area contributed by atoms with Crippen molar-refractivity contribution in [3.63, 3.8) is 0 Å². The molecule has 0 bridgehead atoms. The minimum atomic E-state index is 0.0367. The van der Waals surface area contributed by atoms with Gasteiger partial charge in [0.1, 0.15) is 10.7 Å². The van der Waals surface area contributed by atoms with E-state index in [4.69, 9.17) is 4.98 Å². The molecule has 0 spiro atoms. The minimum absolute atomic E-state index is 0.0367. The fourth-order valence-electron chi connectivity index (χ4n) is 4.27. The summed E-state index contributed by atoms with van der Waals surface area (Å²) in [5.74, 6) is 2.38. The van der Waals surface area contributed by atoms with Crippen molar-refractivity contribution in [2.24, 2.45) is 5.92 Å². The third kappa shape index (κ3) is 3.51. The first-order valence-electron chi connectivity index (χ1n) is 10.2. The first kappa shape index (κ1) is 18.9. The summed E-state index contributed by atoms with van der Waals surface area (Å²) in [6.45, 7) is 4.43. The van der Waals surface area contributed by atoms with Gasteiger partial charge < -0.3 is 4.98 Å². The Morgan fingerprint density at radius 2 is 2.07 bits per heavy atom. The molecule has 0 radical (unpaired) electrons. The zero-order chi connectivity index (χ0) is 20.0. The quantitative estimate of drug-likeness (QED) is 0.424. The number of aromatic nitrogens is 2. The van der Waals surface area contributed by atoms with Gasteiger partial charge >= 0.3 is 0 Å². The highest BCUT2D eigenvalue weighted by Crippen LogP contribution is 2.37. The van der Waals surface area contributed by atoms with Crippen LogP contribution in [0.1, 0.15) is 47.3 Å². The fourth-order valence-corrected chi connectivity index (χ4v) is 6.61. The van der Waals surface area contributed by atoms with Gasteiger partial charge in [0.15, 0.2) is 0 Å². The number of fused-ring (bicyclic) bond motifs is 4. The Labute approximate surface area is 178 Å². The van der Waals surface area contributed by atoms with E-state index >= 15 is 0 Å². The summed E-state index contributed by atoms with van der Waals surface area (Å²) in [5.41, 5.74) is 2.61. The van der Waals surface area contributed by atoms with Gasteiger partial charge in [-0.15, -0.1) is 23.1 Å². The van der Waals surface area contributed by atoms with Crippen molar-refractivity contribution in [1.82, 2.24) is 9.97 Å². The highest BCUT2D eigenvalue weighted by molar-refractivity contribution is 7.98. The van der Waals surface area contributed by atoms with Gasteiger partial charge in [-0.2, -0.15) is 0 Å². The van der Waals surface area contributed by atoms with Crippen LogP contribution in [0.3, 0.4) is 0 Å². The summed E-state index contributed by atoms with van der Waals surface area (Å²) >= 11 is 3.55. The van der Waals surface area contributed by atoms with Crippen LogP contribution < -0.4 is 5.56 Å². The molecule has 0 saturated heterocycles. The monoisotopic (exact) mass is 420 g/mol. The summed E-state index contributed by atoms with van der Waals surface area (Å²) in [6, 6.07) is 15.0. The molecule has 1 N–H and O–H groups in total. The molecule has 0 fully saturated rings. The summed E-state index contributed by atoms with van der Waals surface area (Å²) in [4.78, 5) is 23.1. The zero-order valence-electron chi connectivity index (χ0n) is 16.7. The lowest BCUT2D eigenvalue weighted by Crippen LogP contribution is -2.15. The molecule has 1 aliphatic rings. The molecule has 29 heavy (non-hydrogen) atoms. The molecular weight excluding hydrogens is 396 g/mol. The number of aromatic amines is 1. The van der Waals surface area contributed by atoms with E-state index in [1.54, 1.807) is 11.3 Å². The van der Waals surface area contributed by atoms with Crippen molar-refractivity contribution < 1.29 is 0 Å². The lowest BCUT2D eigenvalue weighted by molar-refractivity contribution is 0.509. The van der Waals surface area contributed by atoms with Crippen LogP contribution in [0.2, 0.25) is 0 Å². The van der Waals surface area contributed by atoms with E-state index in [2.05, 4.69) is 61.3 Å². The van der Waals surface area contributed by atoms with Gasteiger partial charge in [-0.05, 0) is 54.0 Å². The van der Waals surface area contributed by atoms with Crippen LogP contribution in [0.25, 0.3) is 21.0 Å². The van der Waals surface area contributed by atoms with Gasteiger partial charge in [0, 0.05) is 10.6 Å². The van der Waals surface area contributed by atoms with E-state index in [-0.39, 0.29) is 10.8 Å². The van der Waals surface area contributed by atoms with Crippen LogP contribution in [0, 0.1) is 5.92 Å². The Hall–Kier alpha value is -2.11. The normalized spacial score (nSPS) is 17.5. The topological polar surface area (TPSA) is 45.8 Å². The SMILES string of the molecule is CC1CCc2c(sc3nc(C(C)SCc4cccc5ccccc45)[nH]c(=O)c23)C1. The fraction of sp³-hybridized carbons (Fsp3) is 0.333. The lowest BCUT2D eigenvalue weighted by Gasteiger charge is -2.17. The number of nitrogens with zero attached hydrogens (tertiary/aromatic N) is 1. The third-order valence-electron chi connectivity index (χ3n) is 5.94. The van der Waals surface area contributed by atoms with E-state index in [1.807, 2.05) is 11.8 Å². The summed E-state index contributed by atoms with van der Waals surface area (Å²) in [6.07, 6.45) is 3.25. The van der Waals surface area contributed by atoms with Crippen LogP contribution in [0.5, 0.6) is 0 Å². The molecule has 5 rings (SSSR count). The molecule has 148 valence electrons. The first-order valence-corrected chi connectivity index (χ1v) is 12.1. The van der Waals surface area contributed by atoms with Crippen LogP contribution in [0.4, 0.5) is 0 Å². The maximum Gasteiger partial charge on any atom is 0.259 e. The van der Waals surface area contributed by atoms with Gasteiger partial charge in [-0.3, -0.25) is 4.79 Å². The minimum Gasteiger partial charge on any atom is -0.309 e. The van der Waals surface area contributed by atoms with E-state index < -0.39 is 0 Å². The Bertz CT molecular complexity index is 1250. The molecule has 2 atom stereocenters. The van der Waals surface area contributed by atoms with Crippen molar-refractivity contribution >= 4 is 44.1 Å². The van der Waals surface area contributed by atoms with Crippen molar-refractivity contribution in [3.8, 4) is 0 Å². The van der Waals surface area contributed by atoms with E-state index in [0.29, 0.717) is 5.92 Å². The molecule has 0 aliphatic heterocycles. The largest absolute Gasteiger partial charge is 0.309 e. The van der Waals surface area contributed by atoms with Gasteiger partial charge in [0.2, 0.25) is 0 Å². The van der Waals surface area contributed by atoms with Crippen LogP contribution in [-0.4, -0.2) is 9.97 Å². The van der Waals surface area contributed by atoms with Crippen molar-refractivity contribution in [1.29, 1.82) is 0 Å². The number of rotatable bonds is 4. The molecule has 2 heterocycles. The van der Waals surface area contributed by atoms with Gasteiger partial charge in [-0.1, -0.05) is 49.4 Å². The number of aryl methyl sites for hydroxylation is 1. The first-order chi connectivity index (χ1) is 14.1. The number of nitrogens with one attached hydrogen (secondary N) is 1. The number of hydrogen-bond acceptors (Lipinski definition) is 4. The molecule has 4 aromatic rings. The lowest BCUT2D eigenvalue weighted by atomic mass is 9.89. The summed E-state index contributed by atoms with van der Waals surface area (Å²) in [7, 11) is 0. The predicted octanol–water partition coefficient (Wildman–Crippen LogP) is 6.26. The van der Waals surface area contributed by atoms with Crippen molar-refractivity contribution in [2.45, 2.75) is 44.1 Å². The van der Waals surface area contributed by atoms with Gasteiger partial charge in [0.25, 0.3) is 5.56 Å². The number of thioether (sulfide) groups is 1. The molecular formula is C24H24N2OS2. The molecule has 5 heteroatoms. The highest BCUT2D eigenvalue weighted by atomic mass is 32.2. The zero-order valence-corrected chi connectivity index (χ0v) is 18.3. The third-order valence-corrected chi connectivity index (χ3v) is 8.29. The Morgan fingerprint density at radius 3 is 2.97 bits per heavy atom. The molecule has 0 saturated carbocycles. The second-order valence-electron chi connectivity index (χ2n) is 8.07. The van der Waals surface area contributed by atoms with Crippen LogP contribution in [0.15, 0.2) is 47.3 Å².